The molecule has 1 atom stereocenters. The van der Waals surface area contributed by atoms with Gasteiger partial charge < -0.3 is 19.9 Å². The number of carbonyl (C=O) groups excluding carboxylic acids is 1. The number of hydrogen-bond acceptors (Lipinski definition) is 3. The summed E-state index contributed by atoms with van der Waals surface area (Å²) in [6.07, 6.45) is 5.58. The second-order valence-corrected chi connectivity index (χ2v) is 6.05. The summed E-state index contributed by atoms with van der Waals surface area (Å²) in [5.41, 5.74) is 0. The molecule has 0 aromatic heterocycles. The molecular formula is C15H29N3O2. The molecule has 0 saturated carbocycles. The molecule has 116 valence electrons. The number of hydrogen-bond donors (Lipinski definition) is 1. The molecule has 0 aromatic carbocycles. The Morgan fingerprint density at radius 3 is 2.70 bits per heavy atom. The van der Waals surface area contributed by atoms with E-state index in [9.17, 15) is 4.79 Å². The van der Waals surface area contributed by atoms with E-state index in [0.717, 1.165) is 64.9 Å². The summed E-state index contributed by atoms with van der Waals surface area (Å²) in [4.78, 5) is 16.8. The highest BCUT2D eigenvalue weighted by Crippen LogP contribution is 2.20. The van der Waals surface area contributed by atoms with E-state index in [-0.39, 0.29) is 12.1 Å². The van der Waals surface area contributed by atoms with Crippen LogP contribution in [0.4, 0.5) is 4.79 Å². The lowest BCUT2D eigenvalue weighted by Crippen LogP contribution is -2.52. The number of nitrogens with one attached hydrogen (secondary N) is 1. The van der Waals surface area contributed by atoms with E-state index in [1.807, 2.05) is 4.90 Å². The van der Waals surface area contributed by atoms with Gasteiger partial charge in [0.1, 0.15) is 0 Å². The average molecular weight is 283 g/mol. The van der Waals surface area contributed by atoms with Gasteiger partial charge in [-0.3, -0.25) is 0 Å². The van der Waals surface area contributed by atoms with Crippen molar-refractivity contribution in [3.63, 3.8) is 0 Å². The van der Waals surface area contributed by atoms with Crippen molar-refractivity contribution < 1.29 is 9.53 Å². The topological polar surface area (TPSA) is 44.8 Å². The Kier molecular flexibility index (Phi) is 6.10. The Morgan fingerprint density at radius 2 is 2.10 bits per heavy atom. The fourth-order valence-electron chi connectivity index (χ4n) is 3.05. The molecule has 2 rings (SSSR count). The van der Waals surface area contributed by atoms with Crippen LogP contribution in [-0.4, -0.2) is 67.8 Å². The molecule has 1 N–H and O–H groups in total. The highest BCUT2D eigenvalue weighted by molar-refractivity contribution is 5.74. The van der Waals surface area contributed by atoms with Crippen molar-refractivity contribution in [2.75, 3.05) is 39.8 Å². The van der Waals surface area contributed by atoms with Crippen LogP contribution < -0.4 is 5.32 Å². The zero-order chi connectivity index (χ0) is 14.4. The van der Waals surface area contributed by atoms with Crippen LogP contribution in [0.1, 0.15) is 39.0 Å². The summed E-state index contributed by atoms with van der Waals surface area (Å²) >= 11 is 0. The molecular weight excluding hydrogens is 254 g/mol. The van der Waals surface area contributed by atoms with Crippen LogP contribution in [0, 0.1) is 0 Å². The molecule has 0 aromatic rings. The summed E-state index contributed by atoms with van der Waals surface area (Å²) in [7, 11) is 2.15. The van der Waals surface area contributed by atoms with Crippen molar-refractivity contribution in [3.8, 4) is 0 Å². The molecule has 2 aliphatic rings. The smallest absolute Gasteiger partial charge is 0.317 e. The Morgan fingerprint density at radius 1 is 1.35 bits per heavy atom. The van der Waals surface area contributed by atoms with Gasteiger partial charge in [-0.1, -0.05) is 6.92 Å². The summed E-state index contributed by atoms with van der Waals surface area (Å²) in [5, 5.41) is 3.03. The first-order chi connectivity index (χ1) is 9.70. The lowest BCUT2D eigenvalue weighted by molar-refractivity contribution is 0.0570. The molecule has 5 heteroatoms. The normalized spacial score (nSPS) is 24.8. The van der Waals surface area contributed by atoms with Crippen LogP contribution in [0.5, 0.6) is 0 Å². The maximum Gasteiger partial charge on any atom is 0.317 e. The van der Waals surface area contributed by atoms with Gasteiger partial charge in [0.25, 0.3) is 0 Å². The first kappa shape index (κ1) is 15.6. The molecule has 2 amide bonds. The van der Waals surface area contributed by atoms with Gasteiger partial charge in [0, 0.05) is 25.7 Å². The maximum absolute atomic E-state index is 12.4. The standard InChI is InChI=1S/C15H29N3O2/c1-3-8-16-15(19)18(12-14-5-4-11-20-14)13-6-9-17(2)10-7-13/h13-14H,3-12H2,1-2H3,(H,16,19). The molecule has 20 heavy (non-hydrogen) atoms. The van der Waals surface area contributed by atoms with Crippen LogP contribution >= 0.6 is 0 Å². The fraction of sp³-hybridized carbons (Fsp3) is 0.933. The number of rotatable bonds is 5. The number of ether oxygens (including phenoxy) is 1. The first-order valence-corrected chi connectivity index (χ1v) is 8.05. The monoisotopic (exact) mass is 283 g/mol. The number of urea groups is 1. The Labute approximate surface area is 122 Å². The third-order valence-corrected chi connectivity index (χ3v) is 4.34. The second-order valence-electron chi connectivity index (χ2n) is 6.05. The lowest BCUT2D eigenvalue weighted by atomic mass is 10.0. The van der Waals surface area contributed by atoms with Crippen molar-refractivity contribution >= 4 is 6.03 Å². The summed E-state index contributed by atoms with van der Waals surface area (Å²) < 4.78 is 5.72. The molecule has 5 nitrogen and oxygen atoms in total. The number of nitrogens with zero attached hydrogens (tertiary/aromatic N) is 2. The van der Waals surface area contributed by atoms with Gasteiger partial charge in [0.15, 0.2) is 0 Å². The minimum absolute atomic E-state index is 0.0944. The van der Waals surface area contributed by atoms with Crippen molar-refractivity contribution in [3.05, 3.63) is 0 Å². The van der Waals surface area contributed by atoms with Gasteiger partial charge in [-0.15, -0.1) is 0 Å². The number of likely N-dealkylation sites (tertiary alicyclic amines) is 1. The molecule has 2 saturated heterocycles. The van der Waals surface area contributed by atoms with E-state index in [2.05, 4.69) is 24.2 Å². The van der Waals surface area contributed by atoms with Gasteiger partial charge in [-0.25, -0.2) is 4.79 Å². The van der Waals surface area contributed by atoms with Crippen molar-refractivity contribution in [2.45, 2.75) is 51.2 Å². The molecule has 2 fully saturated rings. The van der Waals surface area contributed by atoms with Crippen molar-refractivity contribution in [1.29, 1.82) is 0 Å². The van der Waals surface area contributed by atoms with Crippen LogP contribution in [0.25, 0.3) is 0 Å². The molecule has 0 bridgehead atoms. The number of piperidine rings is 1. The third-order valence-electron chi connectivity index (χ3n) is 4.34. The van der Waals surface area contributed by atoms with E-state index in [1.165, 1.54) is 0 Å². The van der Waals surface area contributed by atoms with E-state index < -0.39 is 0 Å². The maximum atomic E-state index is 12.4. The van der Waals surface area contributed by atoms with Crippen LogP contribution in [0.15, 0.2) is 0 Å². The summed E-state index contributed by atoms with van der Waals surface area (Å²) in [6.45, 7) is 6.60. The highest BCUT2D eigenvalue weighted by Gasteiger charge is 2.30. The minimum Gasteiger partial charge on any atom is -0.376 e. The molecule has 2 aliphatic heterocycles. The quantitative estimate of drug-likeness (QED) is 0.835. The SMILES string of the molecule is CCCNC(=O)N(CC1CCCO1)C1CCN(C)CC1. The molecule has 2 heterocycles. The van der Waals surface area contributed by atoms with Crippen molar-refractivity contribution in [1.82, 2.24) is 15.1 Å². The van der Waals surface area contributed by atoms with Crippen LogP contribution in [0.3, 0.4) is 0 Å². The van der Waals surface area contributed by atoms with Gasteiger partial charge >= 0.3 is 6.03 Å². The van der Waals surface area contributed by atoms with Gasteiger partial charge in [-0.05, 0) is 52.2 Å². The molecule has 0 aliphatic carbocycles. The molecule has 1 unspecified atom stereocenters. The molecule has 0 spiro atoms. The summed E-state index contributed by atoms with van der Waals surface area (Å²) in [6, 6.07) is 0.462. The van der Waals surface area contributed by atoms with Crippen LogP contribution in [0.2, 0.25) is 0 Å². The second kappa shape index (κ2) is 7.84. The number of carbonyl (C=O) groups is 1. The molecule has 0 radical (unpaired) electrons. The van der Waals surface area contributed by atoms with Gasteiger partial charge in [-0.2, -0.15) is 0 Å². The zero-order valence-electron chi connectivity index (χ0n) is 12.9. The third kappa shape index (κ3) is 4.35. The van der Waals surface area contributed by atoms with E-state index in [1.54, 1.807) is 0 Å². The fourth-order valence-corrected chi connectivity index (χ4v) is 3.05. The van der Waals surface area contributed by atoms with Crippen molar-refractivity contribution in [2.24, 2.45) is 0 Å². The highest BCUT2D eigenvalue weighted by atomic mass is 16.5. The number of amides is 2. The largest absolute Gasteiger partial charge is 0.376 e. The van der Waals surface area contributed by atoms with Crippen LogP contribution in [-0.2, 0) is 4.74 Å². The average Bonchev–Trinajstić information content (AvgIpc) is 2.96. The summed E-state index contributed by atoms with van der Waals surface area (Å²) in [5.74, 6) is 0. The Balaban J connectivity index is 1.92. The predicted molar refractivity (Wildman–Crippen MR) is 79.9 cm³/mol. The minimum atomic E-state index is 0.0944. The van der Waals surface area contributed by atoms with E-state index in [0.29, 0.717) is 6.04 Å². The lowest BCUT2D eigenvalue weighted by Gasteiger charge is -2.38. The first-order valence-electron chi connectivity index (χ1n) is 8.05. The Hall–Kier alpha value is -0.810. The van der Waals surface area contributed by atoms with E-state index in [4.69, 9.17) is 4.74 Å². The predicted octanol–water partition coefficient (Wildman–Crippen LogP) is 1.68. The van der Waals surface area contributed by atoms with Gasteiger partial charge in [0.2, 0.25) is 0 Å². The Bertz CT molecular complexity index is 297. The zero-order valence-corrected chi connectivity index (χ0v) is 12.9. The van der Waals surface area contributed by atoms with E-state index >= 15 is 0 Å². The van der Waals surface area contributed by atoms with Gasteiger partial charge in [0.05, 0.1) is 6.10 Å².